The molecule has 2 aliphatic heterocycles. The van der Waals surface area contributed by atoms with E-state index in [9.17, 15) is 9.59 Å². The van der Waals surface area contributed by atoms with E-state index in [-0.39, 0.29) is 44.8 Å². The van der Waals surface area contributed by atoms with E-state index in [0.29, 0.717) is 29.6 Å². The fourth-order valence-corrected chi connectivity index (χ4v) is 3.01. The van der Waals surface area contributed by atoms with E-state index in [4.69, 9.17) is 9.84 Å². The van der Waals surface area contributed by atoms with Crippen LogP contribution in [0.1, 0.15) is 39.1 Å². The second-order valence-electron chi connectivity index (χ2n) is 7.46. The Morgan fingerprint density at radius 1 is 0.821 bits per heavy atom. The third-order valence-corrected chi connectivity index (χ3v) is 4.73. The number of hydrogen-bond donors (Lipinski definition) is 5. The quantitative estimate of drug-likeness (QED) is 0.270. The van der Waals surface area contributed by atoms with Crippen molar-refractivity contribution < 1.29 is 19.4 Å². The highest BCUT2D eigenvalue weighted by atomic mass is 16.5. The first-order valence-electron chi connectivity index (χ1n) is 11.8. The highest BCUT2D eigenvalue weighted by molar-refractivity contribution is 6.38. The molecule has 0 radical (unpaired) electrons. The minimum Gasteiger partial charge on any atom is -0.460 e. The van der Waals surface area contributed by atoms with Gasteiger partial charge in [-0.05, 0) is 37.6 Å². The average molecular weight is 540 g/mol. The van der Waals surface area contributed by atoms with E-state index in [0.717, 1.165) is 6.42 Å². The number of amidine groups is 4. The summed E-state index contributed by atoms with van der Waals surface area (Å²) in [5, 5.41) is 24.8. The summed E-state index contributed by atoms with van der Waals surface area (Å²) in [4.78, 5) is 33.3. The van der Waals surface area contributed by atoms with Crippen LogP contribution in [0.2, 0.25) is 0 Å². The molecular formula is C24H33N11O4. The molecule has 0 fully saturated rings. The van der Waals surface area contributed by atoms with E-state index >= 15 is 0 Å². The first kappa shape index (κ1) is 30.3. The Balaban J connectivity index is 0.000000272. The molecule has 0 spiro atoms. The molecule has 0 unspecified atom stereocenters. The van der Waals surface area contributed by atoms with Gasteiger partial charge in [-0.15, -0.1) is 10.2 Å². The number of esters is 1. The van der Waals surface area contributed by atoms with E-state index in [1.807, 2.05) is 19.1 Å². The van der Waals surface area contributed by atoms with Gasteiger partial charge in [0.15, 0.2) is 11.7 Å². The number of ether oxygens (including phenoxy) is 1. The summed E-state index contributed by atoms with van der Waals surface area (Å²) in [7, 11) is 0. The van der Waals surface area contributed by atoms with Gasteiger partial charge in [0.25, 0.3) is 11.7 Å². The van der Waals surface area contributed by atoms with Crippen LogP contribution >= 0.6 is 0 Å². The van der Waals surface area contributed by atoms with Gasteiger partial charge in [-0.25, -0.2) is 4.79 Å². The van der Waals surface area contributed by atoms with Crippen molar-refractivity contribution in [2.75, 3.05) is 26.3 Å². The van der Waals surface area contributed by atoms with Gasteiger partial charge in [0.05, 0.1) is 13.2 Å². The summed E-state index contributed by atoms with van der Waals surface area (Å²) < 4.78 is 4.77. The molecule has 4 rings (SSSR count). The maximum atomic E-state index is 12.2. The van der Waals surface area contributed by atoms with E-state index in [1.54, 1.807) is 43.6 Å². The Labute approximate surface area is 226 Å². The normalized spacial score (nSPS) is 13.4. The molecule has 1 amide bonds. The van der Waals surface area contributed by atoms with Gasteiger partial charge in [-0.3, -0.25) is 36.5 Å². The van der Waals surface area contributed by atoms with Crippen molar-refractivity contribution in [1.29, 1.82) is 0 Å². The van der Waals surface area contributed by atoms with Crippen LogP contribution in [-0.2, 0) is 14.3 Å². The third kappa shape index (κ3) is 8.85. The molecule has 15 nitrogen and oxygen atoms in total. The lowest BCUT2D eigenvalue weighted by atomic mass is 10.3. The van der Waals surface area contributed by atoms with Crippen molar-refractivity contribution >= 4 is 35.2 Å². The van der Waals surface area contributed by atoms with Gasteiger partial charge in [-0.1, -0.05) is 26.5 Å². The fraction of sp³-hybridized carbons (Fsp3) is 0.333. The topological polar surface area (TPSA) is 190 Å². The highest BCUT2D eigenvalue weighted by Gasteiger charge is 2.22. The molecule has 4 heterocycles. The number of rotatable bonds is 9. The SMILES string of the molecule is C.CCCN(CCO)C(=O)C1=NNC(c2ccccn2)=NN1.CCOC(=O)C1=NNC(c2ccccn2)=NN1. The minimum atomic E-state index is -0.552. The summed E-state index contributed by atoms with van der Waals surface area (Å²) in [5.74, 6) is 0.143. The zero-order chi connectivity index (χ0) is 27.2. The number of nitrogens with one attached hydrogen (secondary N) is 4. The average Bonchev–Trinajstić information content (AvgIpc) is 2.98. The van der Waals surface area contributed by atoms with Crippen LogP contribution in [0.15, 0.2) is 69.2 Å². The number of hydrogen-bond acceptors (Lipinski definition) is 14. The van der Waals surface area contributed by atoms with E-state index < -0.39 is 5.97 Å². The van der Waals surface area contributed by atoms with Gasteiger partial charge < -0.3 is 14.7 Å². The number of carbonyl (C=O) groups excluding carboxylic acids is 2. The van der Waals surface area contributed by atoms with Crippen LogP contribution in [0.4, 0.5) is 0 Å². The molecule has 208 valence electrons. The van der Waals surface area contributed by atoms with Crippen LogP contribution in [0.25, 0.3) is 0 Å². The van der Waals surface area contributed by atoms with Crippen molar-refractivity contribution in [3.05, 3.63) is 60.2 Å². The Hall–Kier alpha value is -4.92. The first-order valence-corrected chi connectivity index (χ1v) is 11.8. The lowest BCUT2D eigenvalue weighted by Crippen LogP contribution is -2.47. The molecule has 0 saturated carbocycles. The van der Waals surface area contributed by atoms with Crippen LogP contribution in [-0.4, -0.2) is 81.5 Å². The Morgan fingerprint density at radius 2 is 1.38 bits per heavy atom. The van der Waals surface area contributed by atoms with Crippen molar-refractivity contribution in [2.24, 2.45) is 20.4 Å². The fourth-order valence-electron chi connectivity index (χ4n) is 3.01. The minimum absolute atomic E-state index is 0. The van der Waals surface area contributed by atoms with E-state index in [2.05, 4.69) is 52.1 Å². The maximum absolute atomic E-state index is 12.2. The lowest BCUT2D eigenvalue weighted by molar-refractivity contribution is -0.135. The summed E-state index contributed by atoms with van der Waals surface area (Å²) in [6.07, 6.45) is 4.09. The zero-order valence-corrected chi connectivity index (χ0v) is 21.0. The van der Waals surface area contributed by atoms with Crippen LogP contribution in [0, 0.1) is 0 Å². The van der Waals surface area contributed by atoms with Gasteiger partial charge in [0.1, 0.15) is 11.4 Å². The standard InChI is InChI=1S/C13H18N6O2.C10H11N5O2.CH4/c1-2-7-19(8-9-20)13(21)12-17-15-11(16-18-12)10-5-3-4-6-14-10;1-2-17-10(16)9-14-12-8(13-15-9)7-5-3-4-6-11-7;/h3-6,20H,2,7-9H2,1H3,(H,15,16)(H,17,18);3-6H,2H2,1H3,(H,12,13)(H,14,15);1H4. The highest BCUT2D eigenvalue weighted by Crippen LogP contribution is 2.00. The number of aromatic nitrogens is 2. The molecule has 0 bridgehead atoms. The second-order valence-corrected chi connectivity index (χ2v) is 7.46. The molecular weight excluding hydrogens is 506 g/mol. The first-order chi connectivity index (χ1) is 18.6. The van der Waals surface area contributed by atoms with Crippen LogP contribution in [0.5, 0.6) is 0 Å². The van der Waals surface area contributed by atoms with Gasteiger partial charge in [-0.2, -0.15) is 10.2 Å². The molecule has 0 atom stereocenters. The summed E-state index contributed by atoms with van der Waals surface area (Å²) in [6.45, 7) is 4.70. The van der Waals surface area contributed by atoms with Crippen molar-refractivity contribution in [2.45, 2.75) is 27.7 Å². The number of carbonyl (C=O) groups is 2. The molecule has 0 saturated heterocycles. The maximum Gasteiger partial charge on any atom is 0.377 e. The lowest BCUT2D eigenvalue weighted by Gasteiger charge is -2.22. The third-order valence-electron chi connectivity index (χ3n) is 4.73. The predicted octanol–water partition coefficient (Wildman–Crippen LogP) is -0.0709. The van der Waals surface area contributed by atoms with Crippen LogP contribution < -0.4 is 21.7 Å². The molecule has 2 aromatic rings. The van der Waals surface area contributed by atoms with Crippen LogP contribution in [0.3, 0.4) is 0 Å². The predicted molar refractivity (Wildman–Crippen MR) is 146 cm³/mol. The van der Waals surface area contributed by atoms with Crippen molar-refractivity contribution in [3.8, 4) is 0 Å². The number of aliphatic hydroxyl groups excluding tert-OH is 1. The molecule has 39 heavy (non-hydrogen) atoms. The second kappa shape index (κ2) is 16.0. The van der Waals surface area contributed by atoms with Gasteiger partial charge in [0, 0.05) is 25.5 Å². The number of amides is 1. The Bertz CT molecular complexity index is 1200. The molecule has 0 aromatic carbocycles. The number of nitrogens with zero attached hydrogens (tertiary/aromatic N) is 7. The molecule has 15 heteroatoms. The smallest absolute Gasteiger partial charge is 0.377 e. The Morgan fingerprint density at radius 3 is 1.79 bits per heavy atom. The van der Waals surface area contributed by atoms with Gasteiger partial charge in [0.2, 0.25) is 5.84 Å². The van der Waals surface area contributed by atoms with E-state index in [1.165, 1.54) is 4.90 Å². The summed E-state index contributed by atoms with van der Waals surface area (Å²) in [5.41, 5.74) is 11.7. The van der Waals surface area contributed by atoms with Crippen molar-refractivity contribution in [3.63, 3.8) is 0 Å². The monoisotopic (exact) mass is 539 g/mol. The molecule has 2 aromatic heterocycles. The largest absolute Gasteiger partial charge is 0.460 e. The number of aliphatic hydroxyl groups is 1. The summed E-state index contributed by atoms with van der Waals surface area (Å²) >= 11 is 0. The number of pyridine rings is 2. The van der Waals surface area contributed by atoms with Crippen molar-refractivity contribution in [1.82, 2.24) is 36.6 Å². The zero-order valence-electron chi connectivity index (χ0n) is 21.0. The molecule has 5 N–H and O–H groups in total. The molecule has 2 aliphatic rings. The molecule has 0 aliphatic carbocycles. The van der Waals surface area contributed by atoms with Gasteiger partial charge >= 0.3 is 5.97 Å². The summed E-state index contributed by atoms with van der Waals surface area (Å²) in [6, 6.07) is 10.8. The Kier molecular flexibility index (Phi) is 12.5. The number of hydrazone groups is 4.